The van der Waals surface area contributed by atoms with Crippen molar-refractivity contribution in [2.24, 2.45) is 11.7 Å². The van der Waals surface area contributed by atoms with Crippen molar-refractivity contribution in [3.63, 3.8) is 0 Å². The van der Waals surface area contributed by atoms with E-state index in [1.807, 2.05) is 12.1 Å². The number of nitrogens with one attached hydrogen (secondary N) is 1. The van der Waals surface area contributed by atoms with Gasteiger partial charge >= 0.3 is 11.8 Å². The topological polar surface area (TPSA) is 95.7 Å². The van der Waals surface area contributed by atoms with Crippen molar-refractivity contribution in [2.75, 3.05) is 36.4 Å². The second kappa shape index (κ2) is 8.50. The molecule has 0 saturated carbocycles. The maximum atomic E-state index is 12.2. The van der Waals surface area contributed by atoms with Crippen molar-refractivity contribution >= 4 is 29.1 Å². The number of hydrogen-bond acceptors (Lipinski definition) is 4. The van der Waals surface area contributed by atoms with Gasteiger partial charge in [-0.3, -0.25) is 14.4 Å². The number of primary amides is 1. The van der Waals surface area contributed by atoms with Crippen molar-refractivity contribution in [3.05, 3.63) is 24.3 Å². The molecule has 0 atom stereocenters. The first-order valence-electron chi connectivity index (χ1n) is 8.70. The molecule has 0 bridgehead atoms. The number of rotatable bonds is 5. The standard InChI is InChI=1S/C18H26N4O3/c1-3-21(4-2)15-7-5-14(6-8-15)20-17(24)18(25)22-11-9-13(10-12-22)16(19)23/h5-8,13H,3-4,9-12H2,1-2H3,(H2,19,23)(H,20,24). The van der Waals surface area contributed by atoms with Crippen molar-refractivity contribution in [1.29, 1.82) is 0 Å². The van der Waals surface area contributed by atoms with Crippen LogP contribution < -0.4 is 16.0 Å². The molecule has 1 aromatic carbocycles. The highest BCUT2D eigenvalue weighted by atomic mass is 16.2. The summed E-state index contributed by atoms with van der Waals surface area (Å²) in [5, 5.41) is 2.63. The van der Waals surface area contributed by atoms with E-state index in [4.69, 9.17) is 5.73 Å². The number of benzene rings is 1. The normalized spacial score (nSPS) is 14.9. The van der Waals surface area contributed by atoms with Gasteiger partial charge in [0.1, 0.15) is 0 Å². The van der Waals surface area contributed by atoms with Crippen molar-refractivity contribution < 1.29 is 14.4 Å². The number of hydrogen-bond donors (Lipinski definition) is 2. The molecule has 25 heavy (non-hydrogen) atoms. The van der Waals surface area contributed by atoms with Gasteiger partial charge in [0.05, 0.1) is 0 Å². The molecule has 1 saturated heterocycles. The van der Waals surface area contributed by atoms with Crippen molar-refractivity contribution in [2.45, 2.75) is 26.7 Å². The molecule has 0 spiro atoms. The third-order valence-corrected chi connectivity index (χ3v) is 4.63. The Bertz CT molecular complexity index is 618. The third kappa shape index (κ3) is 4.71. The quantitative estimate of drug-likeness (QED) is 0.783. The molecule has 0 unspecified atom stereocenters. The molecule has 7 nitrogen and oxygen atoms in total. The maximum absolute atomic E-state index is 12.2. The Balaban J connectivity index is 1.91. The van der Waals surface area contributed by atoms with Gasteiger partial charge in [0.15, 0.2) is 0 Å². The zero-order chi connectivity index (χ0) is 18.4. The van der Waals surface area contributed by atoms with Crippen molar-refractivity contribution in [1.82, 2.24) is 4.90 Å². The van der Waals surface area contributed by atoms with Crippen LogP contribution in [-0.4, -0.2) is 48.8 Å². The number of anilines is 2. The largest absolute Gasteiger partial charge is 0.372 e. The minimum atomic E-state index is -0.659. The molecule has 3 N–H and O–H groups in total. The van der Waals surface area contributed by atoms with E-state index in [0.717, 1.165) is 18.8 Å². The number of piperidine rings is 1. The van der Waals surface area contributed by atoms with E-state index in [9.17, 15) is 14.4 Å². The Morgan fingerprint density at radius 1 is 1.12 bits per heavy atom. The average molecular weight is 346 g/mol. The van der Waals surface area contributed by atoms with E-state index in [-0.39, 0.29) is 11.8 Å². The summed E-state index contributed by atoms with van der Waals surface area (Å²) in [6.45, 7) is 6.73. The van der Waals surface area contributed by atoms with E-state index in [1.165, 1.54) is 4.90 Å². The van der Waals surface area contributed by atoms with Gasteiger partial charge in [0.2, 0.25) is 5.91 Å². The van der Waals surface area contributed by atoms with Gasteiger partial charge in [-0.15, -0.1) is 0 Å². The molecule has 3 amide bonds. The molecule has 7 heteroatoms. The van der Waals surface area contributed by atoms with Crippen LogP contribution in [-0.2, 0) is 14.4 Å². The molecular weight excluding hydrogens is 320 g/mol. The highest BCUT2D eigenvalue weighted by Gasteiger charge is 2.29. The number of nitrogens with zero attached hydrogens (tertiary/aromatic N) is 2. The number of nitrogens with two attached hydrogens (primary N) is 1. The Morgan fingerprint density at radius 3 is 2.16 bits per heavy atom. The molecule has 1 aliphatic rings. The Kier molecular flexibility index (Phi) is 6.38. The van der Waals surface area contributed by atoms with E-state index < -0.39 is 11.8 Å². The summed E-state index contributed by atoms with van der Waals surface area (Å²) < 4.78 is 0. The number of amides is 3. The first kappa shape index (κ1) is 18.8. The molecule has 0 aromatic heterocycles. The van der Waals surface area contributed by atoms with Gasteiger partial charge < -0.3 is 20.9 Å². The Labute approximate surface area is 148 Å². The number of carbonyl (C=O) groups is 3. The summed E-state index contributed by atoms with van der Waals surface area (Å²) in [4.78, 5) is 39.2. The maximum Gasteiger partial charge on any atom is 0.313 e. The van der Waals surface area contributed by atoms with Gasteiger partial charge in [-0.25, -0.2) is 0 Å². The van der Waals surface area contributed by atoms with E-state index in [0.29, 0.717) is 31.6 Å². The predicted molar refractivity (Wildman–Crippen MR) is 97.1 cm³/mol. The fraction of sp³-hybridized carbons (Fsp3) is 0.500. The monoisotopic (exact) mass is 346 g/mol. The van der Waals surface area contributed by atoms with Gasteiger partial charge in [0.25, 0.3) is 0 Å². The SMILES string of the molecule is CCN(CC)c1ccc(NC(=O)C(=O)N2CCC(C(N)=O)CC2)cc1. The highest BCUT2D eigenvalue weighted by molar-refractivity contribution is 6.39. The fourth-order valence-corrected chi connectivity index (χ4v) is 3.04. The van der Waals surface area contributed by atoms with Crippen LogP contribution in [0.25, 0.3) is 0 Å². The minimum Gasteiger partial charge on any atom is -0.372 e. The lowest BCUT2D eigenvalue weighted by atomic mass is 9.96. The molecular formula is C18H26N4O3. The van der Waals surface area contributed by atoms with Crippen LogP contribution in [0.15, 0.2) is 24.3 Å². The lowest BCUT2D eigenvalue weighted by Gasteiger charge is -2.30. The van der Waals surface area contributed by atoms with Crippen LogP contribution >= 0.6 is 0 Å². The van der Waals surface area contributed by atoms with Crippen LogP contribution in [0.3, 0.4) is 0 Å². The zero-order valence-electron chi connectivity index (χ0n) is 14.8. The third-order valence-electron chi connectivity index (χ3n) is 4.63. The number of carbonyl (C=O) groups excluding carboxylic acids is 3. The first-order valence-corrected chi connectivity index (χ1v) is 8.70. The summed E-state index contributed by atoms with van der Waals surface area (Å²) in [5.74, 6) is -1.78. The fourth-order valence-electron chi connectivity index (χ4n) is 3.04. The summed E-state index contributed by atoms with van der Waals surface area (Å²) >= 11 is 0. The van der Waals surface area contributed by atoms with E-state index in [1.54, 1.807) is 12.1 Å². The summed E-state index contributed by atoms with van der Waals surface area (Å²) in [6.07, 6.45) is 1.01. The molecule has 0 radical (unpaired) electrons. The van der Waals surface area contributed by atoms with Gasteiger partial charge in [-0.2, -0.15) is 0 Å². The smallest absolute Gasteiger partial charge is 0.313 e. The second-order valence-corrected chi connectivity index (χ2v) is 6.14. The summed E-state index contributed by atoms with van der Waals surface area (Å²) in [7, 11) is 0. The molecule has 2 rings (SSSR count). The van der Waals surface area contributed by atoms with Gasteiger partial charge in [-0.1, -0.05) is 0 Å². The lowest BCUT2D eigenvalue weighted by molar-refractivity contribution is -0.144. The summed E-state index contributed by atoms with van der Waals surface area (Å²) in [5.41, 5.74) is 6.94. The molecule has 136 valence electrons. The predicted octanol–water partition coefficient (Wildman–Crippen LogP) is 1.20. The molecule has 1 aromatic rings. The van der Waals surface area contributed by atoms with Crippen LogP contribution in [0.1, 0.15) is 26.7 Å². The Morgan fingerprint density at radius 2 is 1.68 bits per heavy atom. The molecule has 0 aliphatic carbocycles. The van der Waals surface area contributed by atoms with Gasteiger partial charge in [0, 0.05) is 43.5 Å². The lowest BCUT2D eigenvalue weighted by Crippen LogP contribution is -2.46. The molecule has 1 aliphatic heterocycles. The van der Waals surface area contributed by atoms with Crippen LogP contribution in [0.2, 0.25) is 0 Å². The van der Waals surface area contributed by atoms with Gasteiger partial charge in [-0.05, 0) is 51.0 Å². The van der Waals surface area contributed by atoms with Crippen LogP contribution in [0, 0.1) is 5.92 Å². The second-order valence-electron chi connectivity index (χ2n) is 6.14. The van der Waals surface area contributed by atoms with Crippen LogP contribution in [0.4, 0.5) is 11.4 Å². The van der Waals surface area contributed by atoms with Crippen LogP contribution in [0.5, 0.6) is 0 Å². The average Bonchev–Trinajstić information content (AvgIpc) is 2.63. The zero-order valence-corrected chi connectivity index (χ0v) is 14.8. The Hall–Kier alpha value is -2.57. The highest BCUT2D eigenvalue weighted by Crippen LogP contribution is 2.19. The first-order chi connectivity index (χ1) is 12.0. The van der Waals surface area contributed by atoms with E-state index >= 15 is 0 Å². The minimum absolute atomic E-state index is 0.209. The summed E-state index contributed by atoms with van der Waals surface area (Å²) in [6, 6.07) is 7.42. The van der Waals surface area contributed by atoms with E-state index in [2.05, 4.69) is 24.1 Å². The van der Waals surface area contributed by atoms with Crippen molar-refractivity contribution in [3.8, 4) is 0 Å². The number of likely N-dealkylation sites (tertiary alicyclic amines) is 1. The molecule has 1 fully saturated rings. The molecule has 1 heterocycles.